The van der Waals surface area contributed by atoms with E-state index in [0.717, 1.165) is 38.1 Å². The summed E-state index contributed by atoms with van der Waals surface area (Å²) in [6, 6.07) is 0. The fourth-order valence-electron chi connectivity index (χ4n) is 4.21. The molecule has 1 aliphatic carbocycles. The molecular weight excluding hydrogens is 288 g/mol. The predicted molar refractivity (Wildman–Crippen MR) is 93.6 cm³/mol. The fraction of sp³-hybridized carbons (Fsp3) is 0.833. The van der Waals surface area contributed by atoms with Gasteiger partial charge in [0, 0.05) is 18.9 Å². The van der Waals surface area contributed by atoms with Gasteiger partial charge in [-0.15, -0.1) is 0 Å². The van der Waals surface area contributed by atoms with Crippen molar-refractivity contribution in [2.75, 3.05) is 6.54 Å². The van der Waals surface area contributed by atoms with Crippen molar-refractivity contribution in [1.82, 2.24) is 15.8 Å². The highest BCUT2D eigenvalue weighted by atomic mass is 16.3. The number of aliphatic hydroxyl groups is 1. The van der Waals surface area contributed by atoms with Gasteiger partial charge in [0.05, 0.1) is 0 Å². The average molecular weight is 320 g/mol. The van der Waals surface area contributed by atoms with Gasteiger partial charge in [0.15, 0.2) is 6.29 Å². The second-order valence-corrected chi connectivity index (χ2v) is 7.16. The van der Waals surface area contributed by atoms with Crippen molar-refractivity contribution in [1.29, 1.82) is 0 Å². The number of hydrogen-bond donors (Lipinski definition) is 3. The van der Waals surface area contributed by atoms with E-state index in [2.05, 4.69) is 34.8 Å². The van der Waals surface area contributed by atoms with Crippen LogP contribution in [0.2, 0.25) is 0 Å². The molecular formula is C18H32N4O. The van der Waals surface area contributed by atoms with Gasteiger partial charge >= 0.3 is 0 Å². The minimum absolute atomic E-state index is 0.0920. The number of hydrazine groups is 1. The van der Waals surface area contributed by atoms with Gasteiger partial charge in [-0.3, -0.25) is 0 Å². The van der Waals surface area contributed by atoms with E-state index in [1.54, 1.807) is 0 Å². The van der Waals surface area contributed by atoms with Gasteiger partial charge in [-0.2, -0.15) is 5.43 Å². The third-order valence-electron chi connectivity index (χ3n) is 5.51. The molecule has 0 aromatic heterocycles. The van der Waals surface area contributed by atoms with E-state index < -0.39 is 0 Å². The molecule has 0 spiro atoms. The van der Waals surface area contributed by atoms with Crippen LogP contribution in [-0.2, 0) is 0 Å². The number of likely N-dealkylation sites (tertiary alicyclic amines) is 1. The first kappa shape index (κ1) is 16.9. The molecule has 4 unspecified atom stereocenters. The van der Waals surface area contributed by atoms with Crippen LogP contribution in [0.1, 0.15) is 64.7 Å². The molecule has 2 aliphatic heterocycles. The van der Waals surface area contributed by atoms with Gasteiger partial charge < -0.3 is 10.5 Å². The molecule has 3 aliphatic rings. The van der Waals surface area contributed by atoms with Gasteiger partial charge in [0.2, 0.25) is 0 Å². The lowest BCUT2D eigenvalue weighted by Gasteiger charge is -2.28. The molecule has 3 N–H and O–H groups in total. The number of nitrogens with zero attached hydrogens (tertiary/aromatic N) is 2. The number of allylic oxidation sites excluding steroid dienone is 2. The maximum absolute atomic E-state index is 10.6. The van der Waals surface area contributed by atoms with Gasteiger partial charge in [0.1, 0.15) is 12.1 Å². The normalized spacial score (nSPS) is 34.6. The zero-order chi connectivity index (χ0) is 16.1. The fourth-order valence-corrected chi connectivity index (χ4v) is 4.21. The number of rotatable bonds is 7. The number of unbranched alkanes of at least 4 members (excludes halogenated alkanes) is 2. The van der Waals surface area contributed by atoms with E-state index >= 15 is 0 Å². The van der Waals surface area contributed by atoms with Crippen LogP contribution in [0.15, 0.2) is 17.1 Å². The SMILES string of the molecule is CC/C=C\CCCCC1=NC(N2CC3CCCCC3C2O)NN1. The molecule has 5 heteroatoms. The Labute approximate surface area is 140 Å². The Balaban J connectivity index is 1.45. The summed E-state index contributed by atoms with van der Waals surface area (Å²) >= 11 is 0. The van der Waals surface area contributed by atoms with Crippen molar-refractivity contribution < 1.29 is 5.11 Å². The Morgan fingerprint density at radius 1 is 1.26 bits per heavy atom. The largest absolute Gasteiger partial charge is 0.378 e. The van der Waals surface area contributed by atoms with Crippen LogP contribution in [0.3, 0.4) is 0 Å². The van der Waals surface area contributed by atoms with Crippen LogP contribution in [0.25, 0.3) is 0 Å². The summed E-state index contributed by atoms with van der Waals surface area (Å²) in [5.74, 6) is 2.15. The zero-order valence-corrected chi connectivity index (χ0v) is 14.4. The van der Waals surface area contributed by atoms with Crippen LogP contribution in [0, 0.1) is 11.8 Å². The van der Waals surface area contributed by atoms with E-state index in [-0.39, 0.29) is 12.5 Å². The van der Waals surface area contributed by atoms with Crippen molar-refractivity contribution in [2.24, 2.45) is 16.8 Å². The molecule has 1 saturated heterocycles. The summed E-state index contributed by atoms with van der Waals surface area (Å²) < 4.78 is 0. The molecule has 2 heterocycles. The maximum Gasteiger partial charge on any atom is 0.176 e. The number of hydrogen-bond acceptors (Lipinski definition) is 5. The lowest BCUT2D eigenvalue weighted by atomic mass is 9.81. The summed E-state index contributed by atoms with van der Waals surface area (Å²) in [5.41, 5.74) is 6.46. The molecule has 4 atom stereocenters. The summed E-state index contributed by atoms with van der Waals surface area (Å²) in [4.78, 5) is 6.90. The van der Waals surface area contributed by atoms with Crippen LogP contribution in [0.5, 0.6) is 0 Å². The molecule has 0 bridgehead atoms. The number of aliphatic imine (C=N–C) groups is 1. The molecule has 0 amide bonds. The highest BCUT2D eigenvalue weighted by Crippen LogP contribution is 2.40. The quantitative estimate of drug-likeness (QED) is 0.499. The Bertz CT molecular complexity index is 437. The highest BCUT2D eigenvalue weighted by molar-refractivity contribution is 5.83. The van der Waals surface area contributed by atoms with Gasteiger partial charge in [-0.1, -0.05) is 31.9 Å². The number of amidine groups is 1. The highest BCUT2D eigenvalue weighted by Gasteiger charge is 2.45. The standard InChI is InChI=1S/C18H32N4O/c1-2-3-4-5-6-7-12-16-19-18(21-20-16)22-13-14-10-8-9-11-15(14)17(22)23/h3-4,14-15,17-18,21,23H,2,5-13H2,1H3,(H,19,20)/b4-3-. The van der Waals surface area contributed by atoms with E-state index in [0.29, 0.717) is 11.8 Å². The molecule has 0 radical (unpaired) electrons. The van der Waals surface area contributed by atoms with Gasteiger partial charge in [0.25, 0.3) is 0 Å². The van der Waals surface area contributed by atoms with Crippen molar-refractivity contribution in [3.8, 4) is 0 Å². The first-order chi connectivity index (χ1) is 11.3. The predicted octanol–water partition coefficient (Wildman–Crippen LogP) is 2.74. The van der Waals surface area contributed by atoms with Crippen LogP contribution in [0.4, 0.5) is 0 Å². The lowest BCUT2D eigenvalue weighted by molar-refractivity contribution is -0.0277. The van der Waals surface area contributed by atoms with E-state index in [9.17, 15) is 5.11 Å². The zero-order valence-electron chi connectivity index (χ0n) is 14.4. The van der Waals surface area contributed by atoms with Crippen molar-refractivity contribution >= 4 is 5.84 Å². The minimum Gasteiger partial charge on any atom is -0.378 e. The van der Waals surface area contributed by atoms with E-state index in [1.807, 2.05) is 0 Å². The molecule has 0 aromatic rings. The first-order valence-electron chi connectivity index (χ1n) is 9.46. The molecule has 2 fully saturated rings. The third-order valence-corrected chi connectivity index (χ3v) is 5.51. The maximum atomic E-state index is 10.6. The second-order valence-electron chi connectivity index (χ2n) is 7.16. The third kappa shape index (κ3) is 4.14. The molecule has 3 rings (SSSR count). The molecule has 1 saturated carbocycles. The Morgan fingerprint density at radius 3 is 2.96 bits per heavy atom. The molecule has 5 nitrogen and oxygen atoms in total. The van der Waals surface area contributed by atoms with Crippen molar-refractivity contribution in [3.63, 3.8) is 0 Å². The van der Waals surface area contributed by atoms with E-state index in [1.165, 1.54) is 32.1 Å². The average Bonchev–Trinajstić information content (AvgIpc) is 3.16. The van der Waals surface area contributed by atoms with E-state index in [4.69, 9.17) is 4.99 Å². The van der Waals surface area contributed by atoms with Crippen molar-refractivity contribution in [2.45, 2.75) is 77.2 Å². The first-order valence-corrected chi connectivity index (χ1v) is 9.46. The van der Waals surface area contributed by atoms with Crippen LogP contribution in [-0.4, -0.2) is 34.9 Å². The number of aliphatic hydroxyl groups excluding tert-OH is 1. The molecule has 23 heavy (non-hydrogen) atoms. The molecule has 130 valence electrons. The van der Waals surface area contributed by atoms with Gasteiger partial charge in [-0.25, -0.2) is 9.89 Å². The smallest absolute Gasteiger partial charge is 0.176 e. The summed E-state index contributed by atoms with van der Waals surface area (Å²) in [7, 11) is 0. The molecule has 0 aromatic carbocycles. The van der Waals surface area contributed by atoms with Crippen molar-refractivity contribution in [3.05, 3.63) is 12.2 Å². The Morgan fingerprint density at radius 2 is 2.13 bits per heavy atom. The van der Waals surface area contributed by atoms with Crippen LogP contribution >= 0.6 is 0 Å². The summed E-state index contributed by atoms with van der Waals surface area (Å²) in [6.07, 6.45) is 14.7. The minimum atomic E-state index is -0.332. The topological polar surface area (TPSA) is 59.9 Å². The summed E-state index contributed by atoms with van der Waals surface area (Å²) in [6.45, 7) is 3.15. The number of fused-ring (bicyclic) bond motifs is 1. The van der Waals surface area contributed by atoms with Gasteiger partial charge in [-0.05, 0) is 44.4 Å². The lowest BCUT2D eigenvalue weighted by Crippen LogP contribution is -2.48. The monoisotopic (exact) mass is 320 g/mol. The Kier molecular flexibility index (Phi) is 6.08. The Hall–Kier alpha value is -0.910. The summed E-state index contributed by atoms with van der Waals surface area (Å²) in [5, 5.41) is 10.6. The second kappa shape index (κ2) is 8.27. The number of nitrogens with one attached hydrogen (secondary N) is 2. The van der Waals surface area contributed by atoms with Crippen LogP contribution < -0.4 is 10.9 Å².